The van der Waals surface area contributed by atoms with Gasteiger partial charge in [-0.3, -0.25) is 4.79 Å². The minimum absolute atomic E-state index is 0.0196. The summed E-state index contributed by atoms with van der Waals surface area (Å²) in [4.78, 5) is 10.7. The van der Waals surface area contributed by atoms with Gasteiger partial charge >= 0.3 is 0 Å². The molecule has 59 valence electrons. The van der Waals surface area contributed by atoms with E-state index in [0.29, 0.717) is 19.6 Å². The lowest BCUT2D eigenvalue weighted by Crippen LogP contribution is -2.34. The van der Waals surface area contributed by atoms with E-state index in [4.69, 9.17) is 0 Å². The molecular formula is C6H14N3O. The van der Waals surface area contributed by atoms with Crippen molar-refractivity contribution < 1.29 is 4.79 Å². The fourth-order valence-electron chi connectivity index (χ4n) is 0.530. The van der Waals surface area contributed by atoms with Gasteiger partial charge < -0.3 is 10.6 Å². The summed E-state index contributed by atoms with van der Waals surface area (Å²) in [6, 6.07) is 0. The monoisotopic (exact) mass is 144 g/mol. The second-order valence-electron chi connectivity index (χ2n) is 1.92. The molecule has 0 saturated heterocycles. The third-order valence-electron chi connectivity index (χ3n) is 0.995. The first kappa shape index (κ1) is 9.39. The molecule has 0 unspecified atom stereocenters. The van der Waals surface area contributed by atoms with E-state index in [9.17, 15) is 4.79 Å². The molecule has 0 spiro atoms. The Kier molecular flexibility index (Phi) is 6.11. The van der Waals surface area contributed by atoms with Gasteiger partial charge in [0.1, 0.15) is 0 Å². The highest BCUT2D eigenvalue weighted by Crippen LogP contribution is 1.61. The molecule has 0 aromatic carbocycles. The predicted molar refractivity (Wildman–Crippen MR) is 39.9 cm³/mol. The number of hydrogen-bond acceptors (Lipinski definition) is 2. The molecular weight excluding hydrogens is 130 g/mol. The van der Waals surface area contributed by atoms with Crippen LogP contribution in [0, 0.1) is 0 Å². The normalized spacial score (nSPS) is 9.40. The summed E-state index contributed by atoms with van der Waals surface area (Å²) in [6.07, 6.45) is 0. The van der Waals surface area contributed by atoms with E-state index in [1.54, 1.807) is 14.1 Å². The molecule has 0 bridgehead atoms. The Bertz CT molecular complexity index is 95.0. The number of nitrogens with one attached hydrogen (secondary N) is 2. The Morgan fingerprint density at radius 3 is 2.80 bits per heavy atom. The lowest BCUT2D eigenvalue weighted by molar-refractivity contribution is -0.120. The van der Waals surface area contributed by atoms with Gasteiger partial charge in [0.15, 0.2) is 0 Å². The van der Waals surface area contributed by atoms with Crippen molar-refractivity contribution in [2.75, 3.05) is 33.7 Å². The molecule has 0 fully saturated rings. The van der Waals surface area contributed by atoms with Crippen LogP contribution in [0.15, 0.2) is 0 Å². The number of carbonyl (C=O) groups excluding carboxylic acids is 1. The van der Waals surface area contributed by atoms with Gasteiger partial charge in [-0.05, 0) is 7.05 Å². The fraction of sp³-hybridized carbons (Fsp3) is 0.833. The molecule has 0 aromatic heterocycles. The number of likely N-dealkylation sites (N-methyl/N-ethyl adjacent to an activating group) is 2. The summed E-state index contributed by atoms with van der Waals surface area (Å²) < 4.78 is 0. The Balaban J connectivity index is 3.05. The second-order valence-corrected chi connectivity index (χ2v) is 1.92. The van der Waals surface area contributed by atoms with E-state index < -0.39 is 0 Å². The van der Waals surface area contributed by atoms with E-state index in [0.717, 1.165) is 0 Å². The van der Waals surface area contributed by atoms with Crippen LogP contribution in [0.5, 0.6) is 0 Å². The molecule has 2 N–H and O–H groups in total. The van der Waals surface area contributed by atoms with Gasteiger partial charge in [0, 0.05) is 20.1 Å². The highest BCUT2D eigenvalue weighted by Gasteiger charge is 1.94. The summed E-state index contributed by atoms with van der Waals surface area (Å²) in [5, 5.41) is 9.27. The topological polar surface area (TPSA) is 55.2 Å². The molecule has 4 nitrogen and oxygen atoms in total. The molecule has 0 aromatic rings. The van der Waals surface area contributed by atoms with Crippen LogP contribution in [0.2, 0.25) is 0 Å². The standard InChI is InChI=1S/C6H14N3O/c1-7-3-4-9-6(10)5-8-2/h8H,3-5H2,1-2H3,(H,9,10). The quantitative estimate of drug-likeness (QED) is 0.464. The Morgan fingerprint density at radius 1 is 1.60 bits per heavy atom. The zero-order chi connectivity index (χ0) is 7.82. The average molecular weight is 144 g/mol. The molecule has 1 radical (unpaired) electrons. The molecule has 0 atom stereocenters. The smallest absolute Gasteiger partial charge is 0.233 e. The number of nitrogens with zero attached hydrogens (tertiary/aromatic N) is 1. The van der Waals surface area contributed by atoms with Gasteiger partial charge in [-0.15, -0.1) is 0 Å². The first-order chi connectivity index (χ1) is 4.81. The molecule has 0 rings (SSSR count). The van der Waals surface area contributed by atoms with Crippen molar-refractivity contribution in [1.82, 2.24) is 16.0 Å². The van der Waals surface area contributed by atoms with E-state index in [-0.39, 0.29) is 5.91 Å². The van der Waals surface area contributed by atoms with E-state index in [1.807, 2.05) is 0 Å². The van der Waals surface area contributed by atoms with Crippen LogP contribution in [-0.2, 0) is 4.79 Å². The van der Waals surface area contributed by atoms with Crippen LogP contribution in [0.1, 0.15) is 0 Å². The van der Waals surface area contributed by atoms with Crippen molar-refractivity contribution in [3.63, 3.8) is 0 Å². The van der Waals surface area contributed by atoms with E-state index >= 15 is 0 Å². The summed E-state index contributed by atoms with van der Waals surface area (Å²) in [7, 11) is 3.47. The molecule has 0 aliphatic carbocycles. The minimum atomic E-state index is 0.0196. The first-order valence-corrected chi connectivity index (χ1v) is 3.28. The Hall–Kier alpha value is -0.610. The summed E-state index contributed by atoms with van der Waals surface area (Å²) in [5.41, 5.74) is 0. The van der Waals surface area contributed by atoms with Crippen molar-refractivity contribution >= 4 is 5.91 Å². The van der Waals surface area contributed by atoms with Crippen LogP contribution in [0.4, 0.5) is 0 Å². The molecule has 0 aliphatic heterocycles. The minimum Gasteiger partial charge on any atom is -0.354 e. The largest absolute Gasteiger partial charge is 0.354 e. The van der Waals surface area contributed by atoms with Gasteiger partial charge in [-0.1, -0.05) is 0 Å². The third-order valence-corrected chi connectivity index (χ3v) is 0.995. The summed E-state index contributed by atoms with van der Waals surface area (Å²) >= 11 is 0. The van der Waals surface area contributed by atoms with Gasteiger partial charge in [0.05, 0.1) is 6.54 Å². The highest BCUT2D eigenvalue weighted by molar-refractivity contribution is 5.77. The molecule has 0 saturated carbocycles. The molecule has 1 amide bonds. The zero-order valence-corrected chi connectivity index (χ0v) is 6.48. The third kappa shape index (κ3) is 5.53. The van der Waals surface area contributed by atoms with Crippen molar-refractivity contribution in [3.8, 4) is 0 Å². The maximum Gasteiger partial charge on any atom is 0.233 e. The van der Waals surface area contributed by atoms with Gasteiger partial charge in [-0.25, -0.2) is 5.32 Å². The maximum atomic E-state index is 10.7. The van der Waals surface area contributed by atoms with Gasteiger partial charge in [-0.2, -0.15) is 0 Å². The second kappa shape index (κ2) is 6.51. The number of hydrogen-bond donors (Lipinski definition) is 2. The number of rotatable bonds is 5. The van der Waals surface area contributed by atoms with E-state index in [1.165, 1.54) is 0 Å². The number of carbonyl (C=O) groups is 1. The van der Waals surface area contributed by atoms with Crippen LogP contribution >= 0.6 is 0 Å². The molecule has 0 heterocycles. The van der Waals surface area contributed by atoms with Crippen molar-refractivity contribution in [2.45, 2.75) is 0 Å². The van der Waals surface area contributed by atoms with Crippen LogP contribution in [0.25, 0.3) is 0 Å². The lowest BCUT2D eigenvalue weighted by atomic mass is 10.5. The molecule has 0 aliphatic rings. The highest BCUT2D eigenvalue weighted by atomic mass is 16.1. The van der Waals surface area contributed by atoms with Crippen molar-refractivity contribution in [1.29, 1.82) is 0 Å². The SMILES string of the molecule is C[N]CCNC(=O)CNC. The first-order valence-electron chi connectivity index (χ1n) is 3.28. The zero-order valence-electron chi connectivity index (χ0n) is 6.48. The molecule has 4 heteroatoms. The van der Waals surface area contributed by atoms with Crippen LogP contribution < -0.4 is 16.0 Å². The molecule has 10 heavy (non-hydrogen) atoms. The summed E-state index contributed by atoms with van der Waals surface area (Å²) in [6.45, 7) is 1.70. The maximum absolute atomic E-state index is 10.7. The lowest BCUT2D eigenvalue weighted by Gasteiger charge is -2.01. The van der Waals surface area contributed by atoms with E-state index in [2.05, 4.69) is 16.0 Å². The van der Waals surface area contributed by atoms with Gasteiger partial charge in [0.2, 0.25) is 5.91 Å². The van der Waals surface area contributed by atoms with Gasteiger partial charge in [0.25, 0.3) is 0 Å². The number of amides is 1. The predicted octanol–water partition coefficient (Wildman–Crippen LogP) is -1.44. The fourth-order valence-corrected chi connectivity index (χ4v) is 0.530. The van der Waals surface area contributed by atoms with Crippen LogP contribution in [0.3, 0.4) is 0 Å². The van der Waals surface area contributed by atoms with Crippen molar-refractivity contribution in [2.24, 2.45) is 0 Å². The Morgan fingerprint density at radius 2 is 2.30 bits per heavy atom. The van der Waals surface area contributed by atoms with Crippen molar-refractivity contribution in [3.05, 3.63) is 0 Å². The Labute approximate surface area is 61.4 Å². The summed E-state index contributed by atoms with van der Waals surface area (Å²) in [5.74, 6) is 0.0196. The van der Waals surface area contributed by atoms with Crippen LogP contribution in [-0.4, -0.2) is 39.6 Å². The average Bonchev–Trinajstić information content (AvgIpc) is 1.89.